The van der Waals surface area contributed by atoms with Crippen molar-refractivity contribution in [2.24, 2.45) is 0 Å². The fraction of sp³-hybridized carbons (Fsp3) is 0.280. The summed E-state index contributed by atoms with van der Waals surface area (Å²) in [7, 11) is 0. The van der Waals surface area contributed by atoms with Gasteiger partial charge < -0.3 is 0 Å². The summed E-state index contributed by atoms with van der Waals surface area (Å²) in [6.45, 7) is 4.50. The van der Waals surface area contributed by atoms with Crippen LogP contribution in [0, 0.1) is 13.8 Å². The van der Waals surface area contributed by atoms with E-state index in [4.69, 9.17) is 23.2 Å². The molecule has 5 rings (SSSR count). The van der Waals surface area contributed by atoms with E-state index in [-0.39, 0.29) is 11.2 Å². The van der Waals surface area contributed by atoms with Crippen molar-refractivity contribution in [3.05, 3.63) is 94.4 Å². The molecule has 0 aliphatic heterocycles. The molecule has 0 spiro atoms. The number of hydrogen-bond donors (Lipinski definition) is 0. The van der Waals surface area contributed by atoms with E-state index < -0.39 is 0 Å². The first-order valence-corrected chi connectivity index (χ1v) is 12.2. The van der Waals surface area contributed by atoms with Crippen LogP contribution in [0.4, 0.5) is 0 Å². The zero-order valence-corrected chi connectivity index (χ0v) is 20.2. The Balaban J connectivity index is 1.85. The Morgan fingerprint density at radius 2 is 1.75 bits per heavy atom. The van der Waals surface area contributed by atoms with Crippen molar-refractivity contribution in [2.75, 3.05) is 0 Å². The molecule has 32 heavy (non-hydrogen) atoms. The molecule has 164 valence electrons. The SMILES string of the molecule is Cc1ccc(C)c(Cn2c(=O)n(-c3ccc(Cl)c(Cl)c3)c(=O)c3c4c(sc32)CCCC4)c1. The fourth-order valence-electron chi connectivity index (χ4n) is 4.50. The van der Waals surface area contributed by atoms with Crippen molar-refractivity contribution in [2.45, 2.75) is 46.1 Å². The third-order valence-electron chi connectivity index (χ3n) is 6.23. The Bertz CT molecular complexity index is 1500. The molecule has 2 aromatic heterocycles. The molecule has 0 saturated carbocycles. The van der Waals surface area contributed by atoms with E-state index in [9.17, 15) is 9.59 Å². The van der Waals surface area contributed by atoms with Crippen LogP contribution < -0.4 is 11.2 Å². The Morgan fingerprint density at radius 1 is 0.969 bits per heavy atom. The summed E-state index contributed by atoms with van der Waals surface area (Å²) < 4.78 is 3.00. The molecule has 0 N–H and O–H groups in total. The maximum atomic E-state index is 13.8. The first-order chi connectivity index (χ1) is 15.3. The van der Waals surface area contributed by atoms with Gasteiger partial charge in [-0.1, -0.05) is 47.0 Å². The number of hydrogen-bond acceptors (Lipinski definition) is 3. The van der Waals surface area contributed by atoms with Gasteiger partial charge in [-0.2, -0.15) is 0 Å². The molecule has 4 aromatic rings. The Kier molecular flexibility index (Phi) is 5.52. The summed E-state index contributed by atoms with van der Waals surface area (Å²) in [6, 6.07) is 11.1. The van der Waals surface area contributed by atoms with Crippen LogP contribution >= 0.6 is 34.5 Å². The van der Waals surface area contributed by atoms with Crippen LogP contribution in [-0.2, 0) is 19.4 Å². The van der Waals surface area contributed by atoms with E-state index in [2.05, 4.69) is 18.2 Å². The van der Waals surface area contributed by atoms with Gasteiger partial charge in [-0.05, 0) is 74.4 Å². The molecule has 2 heterocycles. The predicted molar refractivity (Wildman–Crippen MR) is 133 cm³/mol. The maximum Gasteiger partial charge on any atom is 0.337 e. The molecular weight excluding hydrogens is 463 g/mol. The summed E-state index contributed by atoms with van der Waals surface area (Å²) in [6.07, 6.45) is 4.00. The maximum absolute atomic E-state index is 13.8. The summed E-state index contributed by atoms with van der Waals surface area (Å²) in [5, 5.41) is 1.36. The number of thiophene rings is 1. The van der Waals surface area contributed by atoms with Gasteiger partial charge in [-0.15, -0.1) is 11.3 Å². The average molecular weight is 485 g/mol. The van der Waals surface area contributed by atoms with Crippen LogP contribution in [0.2, 0.25) is 10.0 Å². The van der Waals surface area contributed by atoms with Crippen LogP contribution in [0.25, 0.3) is 15.9 Å². The predicted octanol–water partition coefficient (Wildman–Crippen LogP) is 6.06. The van der Waals surface area contributed by atoms with Gasteiger partial charge in [-0.25, -0.2) is 9.36 Å². The monoisotopic (exact) mass is 484 g/mol. The summed E-state index contributed by atoms with van der Waals surface area (Å²) in [4.78, 5) is 29.4. The topological polar surface area (TPSA) is 44.0 Å². The molecule has 7 heteroatoms. The van der Waals surface area contributed by atoms with Crippen LogP contribution in [0.1, 0.15) is 40.0 Å². The molecule has 1 aliphatic rings. The minimum absolute atomic E-state index is 0.278. The summed E-state index contributed by atoms with van der Waals surface area (Å²) in [5.41, 5.74) is 4.22. The lowest BCUT2D eigenvalue weighted by atomic mass is 9.97. The number of halogens is 2. The second-order valence-electron chi connectivity index (χ2n) is 8.43. The zero-order chi connectivity index (χ0) is 22.6. The second kappa shape index (κ2) is 8.22. The van der Waals surface area contributed by atoms with E-state index in [0.717, 1.165) is 52.8 Å². The molecule has 0 atom stereocenters. The Hall–Kier alpha value is -2.34. The standard InChI is InChI=1S/C25H22Cl2N2O2S/c1-14-7-8-15(2)16(11-14)13-28-24-22(18-5-3-4-6-21(18)32-24)23(30)29(25(28)31)17-9-10-19(26)20(27)12-17/h7-12H,3-6,13H2,1-2H3. The summed E-state index contributed by atoms with van der Waals surface area (Å²) in [5.74, 6) is 0. The highest BCUT2D eigenvalue weighted by molar-refractivity contribution is 7.18. The highest BCUT2D eigenvalue weighted by Crippen LogP contribution is 2.35. The van der Waals surface area contributed by atoms with Crippen LogP contribution in [-0.4, -0.2) is 9.13 Å². The van der Waals surface area contributed by atoms with Crippen molar-refractivity contribution in [1.29, 1.82) is 0 Å². The molecule has 0 radical (unpaired) electrons. The van der Waals surface area contributed by atoms with Crippen LogP contribution in [0.15, 0.2) is 46.0 Å². The highest BCUT2D eigenvalue weighted by Gasteiger charge is 2.24. The highest BCUT2D eigenvalue weighted by atomic mass is 35.5. The van der Waals surface area contributed by atoms with E-state index in [1.807, 2.05) is 13.8 Å². The van der Waals surface area contributed by atoms with Gasteiger partial charge in [0, 0.05) is 4.88 Å². The van der Waals surface area contributed by atoms with Gasteiger partial charge in [-0.3, -0.25) is 9.36 Å². The second-order valence-corrected chi connectivity index (χ2v) is 10.3. The van der Waals surface area contributed by atoms with E-state index in [1.165, 1.54) is 9.44 Å². The zero-order valence-electron chi connectivity index (χ0n) is 17.9. The van der Waals surface area contributed by atoms with Crippen molar-refractivity contribution < 1.29 is 0 Å². The Morgan fingerprint density at radius 3 is 2.53 bits per heavy atom. The number of nitrogens with zero attached hydrogens (tertiary/aromatic N) is 2. The average Bonchev–Trinajstić information content (AvgIpc) is 3.16. The van der Waals surface area contributed by atoms with Gasteiger partial charge in [0.25, 0.3) is 5.56 Å². The van der Waals surface area contributed by atoms with E-state index in [1.54, 1.807) is 34.1 Å². The third kappa shape index (κ3) is 3.53. The van der Waals surface area contributed by atoms with Gasteiger partial charge in [0.05, 0.1) is 27.7 Å². The van der Waals surface area contributed by atoms with Crippen LogP contribution in [0.5, 0.6) is 0 Å². The molecule has 0 fully saturated rings. The van der Waals surface area contributed by atoms with Crippen molar-refractivity contribution in [3.63, 3.8) is 0 Å². The third-order valence-corrected chi connectivity index (χ3v) is 8.29. The largest absolute Gasteiger partial charge is 0.337 e. The number of benzene rings is 2. The molecular formula is C25H22Cl2N2O2S. The normalized spacial score (nSPS) is 13.5. The first kappa shape index (κ1) is 21.5. The van der Waals surface area contributed by atoms with Crippen molar-refractivity contribution in [1.82, 2.24) is 9.13 Å². The number of aromatic nitrogens is 2. The lowest BCUT2D eigenvalue weighted by Crippen LogP contribution is -2.39. The molecule has 2 aromatic carbocycles. The lowest BCUT2D eigenvalue weighted by molar-refractivity contribution is 0.695. The molecule has 1 aliphatic carbocycles. The molecule has 0 bridgehead atoms. The Labute approximate surface area is 199 Å². The lowest BCUT2D eigenvalue weighted by Gasteiger charge is -2.15. The minimum Gasteiger partial charge on any atom is -0.279 e. The summed E-state index contributed by atoms with van der Waals surface area (Å²) >= 11 is 13.9. The van der Waals surface area contributed by atoms with Gasteiger partial charge in [0.2, 0.25) is 0 Å². The molecule has 0 amide bonds. The van der Waals surface area contributed by atoms with Crippen molar-refractivity contribution in [3.8, 4) is 5.69 Å². The number of aryl methyl sites for hydroxylation is 4. The van der Waals surface area contributed by atoms with E-state index in [0.29, 0.717) is 27.7 Å². The molecule has 0 unspecified atom stereocenters. The van der Waals surface area contributed by atoms with Gasteiger partial charge in [0.1, 0.15) is 4.83 Å². The molecule has 0 saturated heterocycles. The quantitative estimate of drug-likeness (QED) is 0.354. The smallest absolute Gasteiger partial charge is 0.279 e. The van der Waals surface area contributed by atoms with Crippen LogP contribution in [0.3, 0.4) is 0 Å². The minimum atomic E-state index is -0.361. The van der Waals surface area contributed by atoms with E-state index >= 15 is 0 Å². The van der Waals surface area contributed by atoms with Crippen molar-refractivity contribution >= 4 is 44.8 Å². The molecule has 4 nitrogen and oxygen atoms in total. The number of rotatable bonds is 3. The fourth-order valence-corrected chi connectivity index (χ4v) is 6.17. The first-order valence-electron chi connectivity index (χ1n) is 10.7. The van der Waals surface area contributed by atoms with Gasteiger partial charge in [0.15, 0.2) is 0 Å². The number of fused-ring (bicyclic) bond motifs is 3. The van der Waals surface area contributed by atoms with Gasteiger partial charge >= 0.3 is 5.69 Å².